The molecule has 0 atom stereocenters. The summed E-state index contributed by atoms with van der Waals surface area (Å²) in [7, 11) is 0. The van der Waals surface area contributed by atoms with Crippen LogP contribution in [0.15, 0.2) is 47.1 Å². The molecule has 0 spiro atoms. The van der Waals surface area contributed by atoms with Gasteiger partial charge in [0, 0.05) is 17.9 Å². The lowest BCUT2D eigenvalue weighted by molar-refractivity contribution is 0.518. The van der Waals surface area contributed by atoms with E-state index in [9.17, 15) is 0 Å². The molecule has 0 saturated carbocycles. The number of hydrogen-bond acceptors (Lipinski definition) is 3. The van der Waals surface area contributed by atoms with Crippen LogP contribution in [0.1, 0.15) is 12.7 Å². The molecule has 1 aromatic carbocycles. The zero-order valence-corrected chi connectivity index (χ0v) is 9.36. The molecule has 0 aliphatic heterocycles. The van der Waals surface area contributed by atoms with Gasteiger partial charge in [0.15, 0.2) is 0 Å². The Morgan fingerprint density at radius 1 is 1.00 bits per heavy atom. The zero-order valence-electron chi connectivity index (χ0n) is 9.36. The minimum absolute atomic E-state index is 0.716. The number of rotatable bonds is 5. The number of nitrogens with one attached hydrogen (secondary N) is 2. The van der Waals surface area contributed by atoms with E-state index < -0.39 is 0 Å². The first-order valence-corrected chi connectivity index (χ1v) is 5.48. The van der Waals surface area contributed by atoms with Crippen LogP contribution in [0, 0.1) is 0 Å². The van der Waals surface area contributed by atoms with Crippen molar-refractivity contribution in [2.24, 2.45) is 0 Å². The Balaban J connectivity index is 1.90. The predicted octanol–water partition coefficient (Wildman–Crippen LogP) is 3.32. The molecule has 0 fully saturated rings. The first-order valence-electron chi connectivity index (χ1n) is 5.48. The van der Waals surface area contributed by atoms with Gasteiger partial charge in [0.25, 0.3) is 0 Å². The van der Waals surface area contributed by atoms with Crippen LogP contribution in [0.2, 0.25) is 0 Å². The van der Waals surface area contributed by atoms with Gasteiger partial charge in [-0.1, -0.05) is 0 Å². The molecule has 0 radical (unpaired) electrons. The summed E-state index contributed by atoms with van der Waals surface area (Å²) in [6, 6.07) is 12.1. The summed E-state index contributed by atoms with van der Waals surface area (Å²) < 4.78 is 5.24. The molecule has 84 valence electrons. The highest BCUT2D eigenvalue weighted by atomic mass is 16.3. The Labute approximate surface area is 95.5 Å². The van der Waals surface area contributed by atoms with E-state index >= 15 is 0 Å². The molecule has 0 aliphatic carbocycles. The molecule has 0 unspecified atom stereocenters. The Kier molecular flexibility index (Phi) is 3.49. The SMILES string of the molecule is CCNc1ccc(NCc2ccco2)cc1. The van der Waals surface area contributed by atoms with Crippen LogP contribution in [0.4, 0.5) is 11.4 Å². The summed E-state index contributed by atoms with van der Waals surface area (Å²) in [4.78, 5) is 0. The molecule has 3 nitrogen and oxygen atoms in total. The molecule has 0 bridgehead atoms. The lowest BCUT2D eigenvalue weighted by atomic mass is 10.2. The smallest absolute Gasteiger partial charge is 0.122 e. The van der Waals surface area contributed by atoms with Crippen LogP contribution >= 0.6 is 0 Å². The van der Waals surface area contributed by atoms with Gasteiger partial charge in [-0.2, -0.15) is 0 Å². The van der Waals surface area contributed by atoms with E-state index in [0.29, 0.717) is 6.54 Å². The molecule has 1 aromatic heterocycles. The average Bonchev–Trinajstić information content (AvgIpc) is 2.82. The third-order valence-corrected chi connectivity index (χ3v) is 2.31. The van der Waals surface area contributed by atoms with Gasteiger partial charge in [-0.3, -0.25) is 0 Å². The Morgan fingerprint density at radius 2 is 1.69 bits per heavy atom. The van der Waals surface area contributed by atoms with E-state index in [-0.39, 0.29) is 0 Å². The predicted molar refractivity (Wildman–Crippen MR) is 66.6 cm³/mol. The van der Waals surface area contributed by atoms with Crippen LogP contribution < -0.4 is 10.6 Å². The van der Waals surface area contributed by atoms with E-state index in [1.807, 2.05) is 12.1 Å². The maximum absolute atomic E-state index is 5.24. The molecule has 0 aliphatic rings. The number of benzene rings is 1. The zero-order chi connectivity index (χ0) is 11.2. The molecule has 0 amide bonds. The van der Waals surface area contributed by atoms with Gasteiger partial charge in [0.2, 0.25) is 0 Å². The fourth-order valence-corrected chi connectivity index (χ4v) is 1.51. The van der Waals surface area contributed by atoms with Crippen molar-refractivity contribution in [1.82, 2.24) is 0 Å². The van der Waals surface area contributed by atoms with Gasteiger partial charge in [0.1, 0.15) is 5.76 Å². The fraction of sp³-hybridized carbons (Fsp3) is 0.231. The van der Waals surface area contributed by atoms with Gasteiger partial charge in [-0.25, -0.2) is 0 Å². The van der Waals surface area contributed by atoms with Gasteiger partial charge < -0.3 is 15.1 Å². The summed E-state index contributed by atoms with van der Waals surface area (Å²) in [5.74, 6) is 0.941. The molecule has 3 heteroatoms. The van der Waals surface area contributed by atoms with Crippen molar-refractivity contribution in [3.63, 3.8) is 0 Å². The average molecular weight is 216 g/mol. The van der Waals surface area contributed by atoms with Crippen LogP contribution in [0.5, 0.6) is 0 Å². The molecule has 0 saturated heterocycles. The van der Waals surface area contributed by atoms with Crippen LogP contribution in [-0.4, -0.2) is 6.54 Å². The Morgan fingerprint density at radius 3 is 2.25 bits per heavy atom. The highest BCUT2D eigenvalue weighted by Crippen LogP contribution is 2.14. The van der Waals surface area contributed by atoms with Crippen molar-refractivity contribution < 1.29 is 4.42 Å². The quantitative estimate of drug-likeness (QED) is 0.805. The first-order chi connectivity index (χ1) is 7.88. The summed E-state index contributed by atoms with van der Waals surface area (Å²) in [6.45, 7) is 3.75. The van der Waals surface area contributed by atoms with Crippen LogP contribution in [-0.2, 0) is 6.54 Å². The minimum Gasteiger partial charge on any atom is -0.467 e. The monoisotopic (exact) mass is 216 g/mol. The van der Waals surface area contributed by atoms with Crippen molar-refractivity contribution >= 4 is 11.4 Å². The van der Waals surface area contributed by atoms with Gasteiger partial charge in [-0.15, -0.1) is 0 Å². The number of furan rings is 1. The maximum atomic E-state index is 5.24. The summed E-state index contributed by atoms with van der Waals surface area (Å²) in [6.07, 6.45) is 1.69. The van der Waals surface area contributed by atoms with Gasteiger partial charge in [0.05, 0.1) is 12.8 Å². The summed E-state index contributed by atoms with van der Waals surface area (Å²) in [5, 5.41) is 6.55. The van der Waals surface area contributed by atoms with E-state index in [0.717, 1.165) is 23.7 Å². The molecule has 2 rings (SSSR count). The third kappa shape index (κ3) is 2.79. The van der Waals surface area contributed by atoms with Gasteiger partial charge in [-0.05, 0) is 43.3 Å². The maximum Gasteiger partial charge on any atom is 0.122 e. The highest BCUT2D eigenvalue weighted by molar-refractivity contribution is 5.53. The van der Waals surface area contributed by atoms with Crippen LogP contribution in [0.25, 0.3) is 0 Å². The van der Waals surface area contributed by atoms with Crippen molar-refractivity contribution in [1.29, 1.82) is 0 Å². The standard InChI is InChI=1S/C13H16N2O/c1-2-14-11-5-7-12(8-6-11)15-10-13-4-3-9-16-13/h3-9,14-15H,2,10H2,1H3. The van der Waals surface area contributed by atoms with Crippen LogP contribution in [0.3, 0.4) is 0 Å². The molecular formula is C13H16N2O. The molecule has 2 aromatic rings. The van der Waals surface area contributed by atoms with Gasteiger partial charge >= 0.3 is 0 Å². The molecule has 16 heavy (non-hydrogen) atoms. The van der Waals surface area contributed by atoms with E-state index in [4.69, 9.17) is 4.42 Å². The van der Waals surface area contributed by atoms with Crippen molar-refractivity contribution in [2.75, 3.05) is 17.2 Å². The lowest BCUT2D eigenvalue weighted by Gasteiger charge is -2.06. The second-order valence-electron chi connectivity index (χ2n) is 3.54. The van der Waals surface area contributed by atoms with Crippen molar-refractivity contribution in [3.8, 4) is 0 Å². The number of anilines is 2. The third-order valence-electron chi connectivity index (χ3n) is 2.31. The minimum atomic E-state index is 0.716. The molecular weight excluding hydrogens is 200 g/mol. The second-order valence-corrected chi connectivity index (χ2v) is 3.54. The number of hydrogen-bond donors (Lipinski definition) is 2. The highest BCUT2D eigenvalue weighted by Gasteiger charge is 1.96. The van der Waals surface area contributed by atoms with E-state index in [1.165, 1.54) is 0 Å². The van der Waals surface area contributed by atoms with Crippen molar-refractivity contribution in [2.45, 2.75) is 13.5 Å². The normalized spacial score (nSPS) is 10.1. The molecule has 1 heterocycles. The van der Waals surface area contributed by atoms with E-state index in [1.54, 1.807) is 6.26 Å². The molecule has 2 N–H and O–H groups in total. The van der Waals surface area contributed by atoms with Crippen molar-refractivity contribution in [3.05, 3.63) is 48.4 Å². The largest absolute Gasteiger partial charge is 0.467 e. The Hall–Kier alpha value is -1.90. The lowest BCUT2D eigenvalue weighted by Crippen LogP contribution is -1.99. The van der Waals surface area contributed by atoms with E-state index in [2.05, 4.69) is 41.8 Å². The fourth-order valence-electron chi connectivity index (χ4n) is 1.51. The first kappa shape index (κ1) is 10.6. The topological polar surface area (TPSA) is 37.2 Å². The Bertz CT molecular complexity index is 406. The second kappa shape index (κ2) is 5.26. The summed E-state index contributed by atoms with van der Waals surface area (Å²) >= 11 is 0. The summed E-state index contributed by atoms with van der Waals surface area (Å²) in [5.41, 5.74) is 2.24.